The average molecular weight is 566 g/mol. The number of halogens is 1. The Kier molecular flexibility index (Phi) is 9.10. The van der Waals surface area contributed by atoms with E-state index in [2.05, 4.69) is 9.82 Å². The largest absolute Gasteiger partial charge is 0.507 e. The number of thiophene rings is 1. The molecule has 1 amide bonds. The number of aromatic nitrogens is 2. The molecule has 11 nitrogen and oxygen atoms in total. The van der Waals surface area contributed by atoms with Gasteiger partial charge in [-0.15, -0.1) is 11.3 Å². The van der Waals surface area contributed by atoms with Gasteiger partial charge < -0.3 is 15.9 Å². The predicted molar refractivity (Wildman–Crippen MR) is 141 cm³/mol. The minimum absolute atomic E-state index is 0.0231. The molecular weight excluding hydrogens is 542 g/mol. The third kappa shape index (κ3) is 7.20. The number of carbonyl (C=O) groups is 2. The Bertz CT molecular complexity index is 1520. The minimum atomic E-state index is -3.94. The molecule has 14 heteroatoms. The van der Waals surface area contributed by atoms with Crippen molar-refractivity contribution in [2.45, 2.75) is 17.3 Å². The van der Waals surface area contributed by atoms with Crippen LogP contribution < -0.4 is 10.5 Å². The average Bonchev–Trinajstić information content (AvgIpc) is 3.39. The van der Waals surface area contributed by atoms with Crippen molar-refractivity contribution in [3.05, 3.63) is 70.1 Å². The Labute approximate surface area is 221 Å². The standard InChI is InChI=1S/C22H22ClN5O4S2.CH2O2/c1-27(13-19(24)30)11-14-4-2-5-15(10-14)12-28-16-6-3-7-17(29)21(16)22(25-28)26-34(31,32)20-9-8-18(23)33-20;2-1-3/h2-10,29H,11-13H2,1H3,(H2,24,30)(H,25,26);1H,(H,2,3). The second kappa shape index (κ2) is 12.1. The van der Waals surface area contributed by atoms with Crippen LogP contribution >= 0.6 is 22.9 Å². The van der Waals surface area contributed by atoms with E-state index in [1.54, 1.807) is 23.9 Å². The third-order valence-corrected chi connectivity index (χ3v) is 8.06. The maximum Gasteiger partial charge on any atom is 0.290 e. The monoisotopic (exact) mass is 565 g/mol. The van der Waals surface area contributed by atoms with Gasteiger partial charge in [-0.1, -0.05) is 41.9 Å². The SMILES string of the molecule is CN(CC(N)=O)Cc1cccc(Cn2nc(NS(=O)(=O)c3ccc(Cl)s3)c3c(O)cccc32)c1.O=CO. The van der Waals surface area contributed by atoms with E-state index < -0.39 is 15.9 Å². The van der Waals surface area contributed by atoms with Gasteiger partial charge >= 0.3 is 0 Å². The summed E-state index contributed by atoms with van der Waals surface area (Å²) in [6.45, 7) is 0.762. The van der Waals surface area contributed by atoms with Crippen LogP contribution in [0.25, 0.3) is 10.9 Å². The molecule has 2 aromatic heterocycles. The molecule has 2 heterocycles. The molecule has 0 radical (unpaired) electrons. The highest BCUT2D eigenvalue weighted by atomic mass is 35.5. The van der Waals surface area contributed by atoms with E-state index in [1.165, 1.54) is 18.2 Å². The van der Waals surface area contributed by atoms with Gasteiger partial charge in [-0.3, -0.25) is 23.9 Å². The van der Waals surface area contributed by atoms with Crippen molar-refractivity contribution in [1.29, 1.82) is 0 Å². The molecule has 0 atom stereocenters. The normalized spacial score (nSPS) is 11.2. The number of sulfonamides is 1. The number of fused-ring (bicyclic) bond motifs is 1. The van der Waals surface area contributed by atoms with Crippen LogP contribution in [0.2, 0.25) is 4.34 Å². The summed E-state index contributed by atoms with van der Waals surface area (Å²) in [5, 5.41) is 22.1. The topological polar surface area (TPSA) is 168 Å². The van der Waals surface area contributed by atoms with E-state index in [9.17, 15) is 18.3 Å². The summed E-state index contributed by atoms with van der Waals surface area (Å²) in [5.41, 5.74) is 7.73. The number of nitrogens with zero attached hydrogens (tertiary/aromatic N) is 3. The van der Waals surface area contributed by atoms with Crippen molar-refractivity contribution < 1.29 is 28.2 Å². The number of aromatic hydroxyl groups is 1. The van der Waals surface area contributed by atoms with Gasteiger partial charge in [0.25, 0.3) is 16.5 Å². The second-order valence-electron chi connectivity index (χ2n) is 7.91. The summed E-state index contributed by atoms with van der Waals surface area (Å²) in [6, 6.07) is 15.6. The highest BCUT2D eigenvalue weighted by Gasteiger charge is 2.22. The molecule has 37 heavy (non-hydrogen) atoms. The summed E-state index contributed by atoms with van der Waals surface area (Å²) < 4.78 is 30.2. The van der Waals surface area contributed by atoms with Gasteiger partial charge in [0.1, 0.15) is 9.96 Å². The minimum Gasteiger partial charge on any atom is -0.507 e. The van der Waals surface area contributed by atoms with E-state index in [1.807, 2.05) is 29.2 Å². The van der Waals surface area contributed by atoms with Crippen molar-refractivity contribution >= 4 is 62.1 Å². The van der Waals surface area contributed by atoms with Crippen LogP contribution in [0.15, 0.2) is 58.8 Å². The van der Waals surface area contributed by atoms with E-state index in [4.69, 9.17) is 27.2 Å². The Morgan fingerprint density at radius 2 is 1.89 bits per heavy atom. The number of rotatable bonds is 9. The molecule has 4 rings (SSSR count). The van der Waals surface area contributed by atoms with Crippen molar-refractivity contribution in [1.82, 2.24) is 14.7 Å². The summed E-state index contributed by atoms with van der Waals surface area (Å²) in [6.07, 6.45) is 0. The maximum atomic E-state index is 12.8. The molecule has 0 aliphatic carbocycles. The molecule has 4 aromatic rings. The predicted octanol–water partition coefficient (Wildman–Crippen LogP) is 2.92. The number of carbonyl (C=O) groups excluding carboxylic acids is 1. The van der Waals surface area contributed by atoms with Gasteiger partial charge in [0, 0.05) is 6.54 Å². The zero-order chi connectivity index (χ0) is 27.2. The van der Waals surface area contributed by atoms with E-state index >= 15 is 0 Å². The third-order valence-electron chi connectivity index (χ3n) is 5.00. The Hall–Kier alpha value is -3.65. The van der Waals surface area contributed by atoms with Crippen LogP contribution in [0, 0.1) is 0 Å². The zero-order valence-corrected chi connectivity index (χ0v) is 21.9. The highest BCUT2D eigenvalue weighted by molar-refractivity contribution is 7.94. The van der Waals surface area contributed by atoms with Gasteiger partial charge in [0.2, 0.25) is 5.91 Å². The lowest BCUT2D eigenvalue weighted by molar-refractivity contribution is -0.123. The van der Waals surface area contributed by atoms with Crippen molar-refractivity contribution in [2.75, 3.05) is 18.3 Å². The van der Waals surface area contributed by atoms with Crippen molar-refractivity contribution in [2.24, 2.45) is 5.73 Å². The first-order valence-corrected chi connectivity index (χ1v) is 13.3. The Balaban J connectivity index is 0.00000121. The first-order valence-electron chi connectivity index (χ1n) is 10.6. The van der Waals surface area contributed by atoms with Crippen LogP contribution in [0.5, 0.6) is 5.75 Å². The smallest absolute Gasteiger partial charge is 0.290 e. The number of hydrogen-bond donors (Lipinski definition) is 4. The zero-order valence-electron chi connectivity index (χ0n) is 19.5. The summed E-state index contributed by atoms with van der Waals surface area (Å²) in [7, 11) is -2.13. The van der Waals surface area contributed by atoms with E-state index in [0.717, 1.165) is 22.5 Å². The summed E-state index contributed by atoms with van der Waals surface area (Å²) in [4.78, 5) is 21.3. The molecule has 0 bridgehead atoms. The molecule has 2 aromatic carbocycles. The number of amides is 1. The van der Waals surface area contributed by atoms with Crippen LogP contribution in [0.3, 0.4) is 0 Å². The fourth-order valence-electron chi connectivity index (χ4n) is 3.66. The molecule has 0 aliphatic rings. The molecule has 196 valence electrons. The fraction of sp³-hybridized carbons (Fsp3) is 0.174. The van der Waals surface area contributed by atoms with E-state index in [-0.39, 0.29) is 28.8 Å². The maximum absolute atomic E-state index is 12.8. The Morgan fingerprint density at radius 3 is 2.54 bits per heavy atom. The molecule has 0 aliphatic heterocycles. The quantitative estimate of drug-likeness (QED) is 0.225. The number of likely N-dealkylation sites (N-methyl/N-ethyl adjacent to an activating group) is 1. The summed E-state index contributed by atoms with van der Waals surface area (Å²) in [5.74, 6) is -0.469. The van der Waals surface area contributed by atoms with Crippen molar-refractivity contribution in [3.63, 3.8) is 0 Å². The molecule has 0 saturated heterocycles. The number of nitrogens with one attached hydrogen (secondary N) is 1. The van der Waals surface area contributed by atoms with Crippen LogP contribution in [-0.2, 0) is 32.7 Å². The fourth-order valence-corrected chi connectivity index (χ4v) is 6.15. The molecule has 0 saturated carbocycles. The number of hydrogen-bond acceptors (Lipinski definition) is 8. The van der Waals surface area contributed by atoms with Crippen molar-refractivity contribution in [3.8, 4) is 5.75 Å². The Morgan fingerprint density at radius 1 is 1.22 bits per heavy atom. The van der Waals surface area contributed by atoms with Gasteiger partial charge in [-0.25, -0.2) is 8.42 Å². The summed E-state index contributed by atoms with van der Waals surface area (Å²) >= 11 is 6.82. The number of phenolic OH excluding ortho intramolecular Hbond substituents is 1. The molecule has 0 fully saturated rings. The van der Waals surface area contributed by atoms with Gasteiger partial charge in [0.15, 0.2) is 5.82 Å². The lowest BCUT2D eigenvalue weighted by Gasteiger charge is -2.15. The number of benzene rings is 2. The van der Waals surface area contributed by atoms with Gasteiger partial charge in [0.05, 0.1) is 28.3 Å². The number of phenols is 1. The van der Waals surface area contributed by atoms with Crippen LogP contribution in [0.4, 0.5) is 5.82 Å². The number of carboxylic acid groups (broad SMARTS) is 1. The molecule has 0 unspecified atom stereocenters. The first-order chi connectivity index (χ1) is 17.5. The van der Waals surface area contributed by atoms with Gasteiger partial charge in [-0.2, -0.15) is 5.10 Å². The lowest BCUT2D eigenvalue weighted by Crippen LogP contribution is -2.30. The molecule has 5 N–H and O–H groups in total. The molecule has 0 spiro atoms. The number of primary amides is 1. The van der Waals surface area contributed by atoms with Gasteiger partial charge in [-0.05, 0) is 42.4 Å². The van der Waals surface area contributed by atoms with Crippen LogP contribution in [-0.4, -0.2) is 59.3 Å². The number of nitrogens with two attached hydrogens (primary N) is 1. The number of anilines is 1. The van der Waals surface area contributed by atoms with Crippen LogP contribution in [0.1, 0.15) is 11.1 Å². The molecular formula is C23H24ClN5O6S2. The lowest BCUT2D eigenvalue weighted by atomic mass is 10.1. The van der Waals surface area contributed by atoms with E-state index in [0.29, 0.717) is 28.3 Å². The highest BCUT2D eigenvalue weighted by Crippen LogP contribution is 2.34. The first kappa shape index (κ1) is 27.9. The second-order valence-corrected chi connectivity index (χ2v) is 11.5.